The molecular weight excluding hydrogens is 338 g/mol. The Morgan fingerprint density at radius 3 is 2.58 bits per heavy atom. The molecule has 0 saturated carbocycles. The normalized spacial score (nSPS) is 11.4. The summed E-state index contributed by atoms with van der Waals surface area (Å²) in [5, 5.41) is 2.47. The van der Waals surface area contributed by atoms with Gasteiger partial charge in [0.25, 0.3) is 5.56 Å². The van der Waals surface area contributed by atoms with E-state index in [1.54, 1.807) is 27.7 Å². The summed E-state index contributed by atoms with van der Waals surface area (Å²) < 4.78 is 2.92. The maximum Gasteiger partial charge on any atom is 0.262 e. The van der Waals surface area contributed by atoms with Crippen LogP contribution in [0, 0.1) is 0 Å². The first-order chi connectivity index (χ1) is 11.8. The van der Waals surface area contributed by atoms with Crippen LogP contribution in [0.15, 0.2) is 58.5 Å². The molecule has 4 rings (SSSR count). The van der Waals surface area contributed by atoms with E-state index in [-0.39, 0.29) is 5.56 Å². The van der Waals surface area contributed by atoms with Crippen LogP contribution in [-0.4, -0.2) is 14.5 Å². The molecule has 4 nitrogen and oxygen atoms in total. The Morgan fingerprint density at radius 1 is 1.04 bits per heavy atom. The summed E-state index contributed by atoms with van der Waals surface area (Å²) >= 11 is 3.26. The molecule has 0 aliphatic carbocycles. The van der Waals surface area contributed by atoms with Crippen LogP contribution >= 0.6 is 23.1 Å². The van der Waals surface area contributed by atoms with Crippen LogP contribution in [-0.2, 0) is 12.3 Å². The zero-order valence-corrected chi connectivity index (χ0v) is 14.7. The van der Waals surface area contributed by atoms with Gasteiger partial charge in [-0.05, 0) is 31.2 Å². The van der Waals surface area contributed by atoms with Gasteiger partial charge in [-0.2, -0.15) is 0 Å². The van der Waals surface area contributed by atoms with Crippen LogP contribution in [0.5, 0.6) is 0 Å². The Hall–Kier alpha value is -2.18. The van der Waals surface area contributed by atoms with E-state index in [4.69, 9.17) is 0 Å². The van der Waals surface area contributed by atoms with Gasteiger partial charge in [-0.1, -0.05) is 36.0 Å². The molecule has 2 aromatic carbocycles. The van der Waals surface area contributed by atoms with Crippen molar-refractivity contribution in [1.82, 2.24) is 14.5 Å². The van der Waals surface area contributed by atoms with Crippen LogP contribution in [0.3, 0.4) is 0 Å². The van der Waals surface area contributed by atoms with Gasteiger partial charge in [-0.25, -0.2) is 9.97 Å². The zero-order valence-electron chi connectivity index (χ0n) is 13.1. The minimum atomic E-state index is 0.0231. The molecule has 2 heterocycles. The predicted molar refractivity (Wildman–Crippen MR) is 101 cm³/mol. The predicted octanol–water partition coefficient (Wildman–Crippen LogP) is 4.32. The molecule has 0 fully saturated rings. The van der Waals surface area contributed by atoms with Crippen molar-refractivity contribution in [3.05, 3.63) is 63.9 Å². The number of thioether (sulfide) groups is 1. The van der Waals surface area contributed by atoms with Crippen LogP contribution in [0.1, 0.15) is 11.9 Å². The lowest BCUT2D eigenvalue weighted by Gasteiger charge is -2.10. The smallest absolute Gasteiger partial charge is 0.262 e. The van der Waals surface area contributed by atoms with Crippen LogP contribution in [0.2, 0.25) is 0 Å². The first kappa shape index (κ1) is 15.4. The third kappa shape index (κ3) is 2.72. The average Bonchev–Trinajstić information content (AvgIpc) is 3.03. The number of hydrogen-bond donors (Lipinski definition) is 0. The molecule has 0 atom stereocenters. The number of thiazole rings is 1. The van der Waals surface area contributed by atoms with E-state index >= 15 is 0 Å². The second-order valence-electron chi connectivity index (χ2n) is 5.32. The van der Waals surface area contributed by atoms with Gasteiger partial charge in [0.1, 0.15) is 5.01 Å². The molecule has 120 valence electrons. The largest absolute Gasteiger partial charge is 0.287 e. The lowest BCUT2D eigenvalue weighted by molar-refractivity contribution is 0.634. The van der Waals surface area contributed by atoms with Gasteiger partial charge in [-0.15, -0.1) is 11.3 Å². The highest BCUT2D eigenvalue weighted by Crippen LogP contribution is 2.27. The second-order valence-corrected chi connectivity index (χ2v) is 7.38. The Kier molecular flexibility index (Phi) is 4.08. The fourth-order valence-electron chi connectivity index (χ4n) is 2.64. The fourth-order valence-corrected chi connectivity index (χ4v) is 4.67. The third-order valence-electron chi connectivity index (χ3n) is 3.81. The second kappa shape index (κ2) is 6.37. The molecule has 0 unspecified atom stereocenters. The Morgan fingerprint density at radius 2 is 1.79 bits per heavy atom. The summed E-state index contributed by atoms with van der Waals surface area (Å²) in [5.74, 6) is 0.712. The number of fused-ring (bicyclic) bond motifs is 2. The fraction of sp³-hybridized carbons (Fsp3) is 0.167. The van der Waals surface area contributed by atoms with Gasteiger partial charge in [0, 0.05) is 6.54 Å². The number of aromatic nitrogens is 3. The Balaban J connectivity index is 1.69. The van der Waals surface area contributed by atoms with Crippen LogP contribution in [0.4, 0.5) is 0 Å². The molecule has 4 aromatic rings. The van der Waals surface area contributed by atoms with Gasteiger partial charge in [0.2, 0.25) is 0 Å². The highest BCUT2D eigenvalue weighted by Gasteiger charge is 2.11. The van der Waals surface area contributed by atoms with Crippen LogP contribution < -0.4 is 5.56 Å². The zero-order chi connectivity index (χ0) is 16.5. The maximum atomic E-state index is 12.6. The van der Waals surface area contributed by atoms with Crippen molar-refractivity contribution in [2.45, 2.75) is 24.4 Å². The van der Waals surface area contributed by atoms with Crippen molar-refractivity contribution < 1.29 is 0 Å². The van der Waals surface area contributed by atoms with E-state index in [1.807, 2.05) is 49.4 Å². The molecule has 0 aliphatic heterocycles. The number of para-hydroxylation sites is 2. The first-order valence-electron chi connectivity index (χ1n) is 7.73. The lowest BCUT2D eigenvalue weighted by Crippen LogP contribution is -2.22. The van der Waals surface area contributed by atoms with Crippen molar-refractivity contribution in [2.75, 3.05) is 0 Å². The van der Waals surface area contributed by atoms with Crippen molar-refractivity contribution >= 4 is 44.2 Å². The van der Waals surface area contributed by atoms with E-state index in [1.165, 1.54) is 4.70 Å². The van der Waals surface area contributed by atoms with E-state index in [0.29, 0.717) is 17.7 Å². The monoisotopic (exact) mass is 353 g/mol. The third-order valence-corrected chi connectivity index (χ3v) is 6.01. The average molecular weight is 353 g/mol. The van der Waals surface area contributed by atoms with E-state index in [2.05, 4.69) is 16.0 Å². The number of hydrogen-bond acceptors (Lipinski definition) is 5. The first-order valence-corrected chi connectivity index (χ1v) is 9.53. The molecule has 0 bridgehead atoms. The molecule has 6 heteroatoms. The van der Waals surface area contributed by atoms with E-state index in [0.717, 1.165) is 21.2 Å². The number of rotatable bonds is 4. The summed E-state index contributed by atoms with van der Waals surface area (Å²) in [5.41, 5.74) is 1.80. The quantitative estimate of drug-likeness (QED) is 0.405. The minimum absolute atomic E-state index is 0.0231. The molecule has 0 N–H and O–H groups in total. The van der Waals surface area contributed by atoms with Crippen molar-refractivity contribution in [3.8, 4) is 0 Å². The molecular formula is C18H15N3OS2. The Bertz CT molecular complexity index is 1050. The van der Waals surface area contributed by atoms with E-state index < -0.39 is 0 Å². The van der Waals surface area contributed by atoms with Crippen molar-refractivity contribution in [1.29, 1.82) is 0 Å². The van der Waals surface area contributed by atoms with Gasteiger partial charge < -0.3 is 0 Å². The standard InChI is InChI=1S/C18H15N3OS2/c1-2-21-17(22)12-7-3-4-8-13(12)20-18(21)23-11-16-19-14-9-5-6-10-15(14)24-16/h3-10H,2,11H2,1H3. The lowest BCUT2D eigenvalue weighted by atomic mass is 10.2. The minimum Gasteiger partial charge on any atom is -0.287 e. The summed E-state index contributed by atoms with van der Waals surface area (Å²) in [6.07, 6.45) is 0. The van der Waals surface area contributed by atoms with E-state index in [9.17, 15) is 4.79 Å². The summed E-state index contributed by atoms with van der Waals surface area (Å²) in [4.78, 5) is 22.0. The summed E-state index contributed by atoms with van der Waals surface area (Å²) in [6, 6.07) is 15.6. The molecule has 0 saturated heterocycles. The number of benzene rings is 2. The summed E-state index contributed by atoms with van der Waals surface area (Å²) in [7, 11) is 0. The maximum absolute atomic E-state index is 12.6. The van der Waals surface area contributed by atoms with Gasteiger partial charge in [0.15, 0.2) is 5.16 Å². The molecule has 0 spiro atoms. The van der Waals surface area contributed by atoms with Crippen LogP contribution in [0.25, 0.3) is 21.1 Å². The van der Waals surface area contributed by atoms with Gasteiger partial charge in [0.05, 0.1) is 26.9 Å². The van der Waals surface area contributed by atoms with Crippen molar-refractivity contribution in [3.63, 3.8) is 0 Å². The Labute approximate surface area is 147 Å². The van der Waals surface area contributed by atoms with Gasteiger partial charge in [-0.3, -0.25) is 9.36 Å². The SMILES string of the molecule is CCn1c(SCc2nc3ccccc3s2)nc2ccccc2c1=O. The molecule has 0 radical (unpaired) electrons. The molecule has 2 aromatic heterocycles. The highest BCUT2D eigenvalue weighted by molar-refractivity contribution is 7.98. The van der Waals surface area contributed by atoms with Crippen molar-refractivity contribution in [2.24, 2.45) is 0 Å². The topological polar surface area (TPSA) is 47.8 Å². The number of nitrogens with zero attached hydrogens (tertiary/aromatic N) is 3. The summed E-state index contributed by atoms with van der Waals surface area (Å²) in [6.45, 7) is 2.58. The highest BCUT2D eigenvalue weighted by atomic mass is 32.2. The molecule has 0 aliphatic rings. The molecule has 24 heavy (non-hydrogen) atoms. The van der Waals surface area contributed by atoms with Gasteiger partial charge >= 0.3 is 0 Å². The molecule has 0 amide bonds.